The first-order chi connectivity index (χ1) is 8.18. The Morgan fingerprint density at radius 1 is 1.17 bits per heavy atom. The number of sulfone groups is 2. The van der Waals surface area contributed by atoms with E-state index in [1.807, 2.05) is 0 Å². The predicted octanol–water partition coefficient (Wildman–Crippen LogP) is 1.13. The van der Waals surface area contributed by atoms with Crippen molar-refractivity contribution in [3.05, 3.63) is 23.2 Å². The zero-order chi connectivity index (χ0) is 14.0. The topological polar surface area (TPSA) is 94.3 Å². The molecule has 0 saturated carbocycles. The van der Waals surface area contributed by atoms with Crippen LogP contribution < -0.4 is 5.73 Å². The number of benzene rings is 1. The van der Waals surface area contributed by atoms with Crippen LogP contribution in [0.25, 0.3) is 0 Å². The first-order valence-electron chi connectivity index (χ1n) is 5.16. The molecule has 1 rings (SSSR count). The third kappa shape index (κ3) is 3.86. The van der Waals surface area contributed by atoms with Crippen molar-refractivity contribution in [2.24, 2.45) is 0 Å². The molecule has 5 nitrogen and oxygen atoms in total. The van der Waals surface area contributed by atoms with Gasteiger partial charge in [0.15, 0.2) is 19.7 Å². The molecule has 8 heteroatoms. The molecular formula is C10H14ClNO4S2. The number of halogens is 1. The van der Waals surface area contributed by atoms with Gasteiger partial charge in [0.1, 0.15) is 0 Å². The highest BCUT2D eigenvalue weighted by molar-refractivity contribution is 7.95. The lowest BCUT2D eigenvalue weighted by Crippen LogP contribution is -2.19. The minimum Gasteiger partial charge on any atom is -0.398 e. The summed E-state index contributed by atoms with van der Waals surface area (Å²) < 4.78 is 46.5. The first-order valence-corrected chi connectivity index (χ1v) is 9.01. The molecule has 0 aromatic heterocycles. The molecule has 0 aliphatic heterocycles. The largest absolute Gasteiger partial charge is 0.398 e. The van der Waals surface area contributed by atoms with Crippen molar-refractivity contribution < 1.29 is 16.8 Å². The molecule has 2 N–H and O–H groups in total. The standard InChI is InChI=1S/C10H14ClNO4S2/c1-2-17(13,14)5-6-18(15,16)10-7-8(11)3-4-9(10)12/h3-4,7H,2,5-6,12H2,1H3. The Bertz CT molecular complexity index is 638. The van der Waals surface area contributed by atoms with Gasteiger partial charge in [-0.3, -0.25) is 0 Å². The maximum atomic E-state index is 12.0. The highest BCUT2D eigenvalue weighted by Crippen LogP contribution is 2.23. The van der Waals surface area contributed by atoms with Crippen LogP contribution in [0.4, 0.5) is 5.69 Å². The highest BCUT2D eigenvalue weighted by atomic mass is 35.5. The van der Waals surface area contributed by atoms with E-state index >= 15 is 0 Å². The van der Waals surface area contributed by atoms with E-state index in [0.717, 1.165) is 0 Å². The normalized spacial score (nSPS) is 12.6. The summed E-state index contributed by atoms with van der Waals surface area (Å²) in [6.07, 6.45) is 0. The van der Waals surface area contributed by atoms with Crippen molar-refractivity contribution in [1.82, 2.24) is 0 Å². The molecule has 0 heterocycles. The number of rotatable bonds is 5. The summed E-state index contributed by atoms with van der Waals surface area (Å²) in [6.45, 7) is 1.47. The fraction of sp³-hybridized carbons (Fsp3) is 0.400. The Labute approximate surface area is 112 Å². The first kappa shape index (κ1) is 15.3. The maximum absolute atomic E-state index is 12.0. The number of hydrogen-bond donors (Lipinski definition) is 1. The minimum absolute atomic E-state index is 0.0632. The Morgan fingerprint density at radius 3 is 2.33 bits per heavy atom. The van der Waals surface area contributed by atoms with Crippen LogP contribution in [0.15, 0.2) is 23.1 Å². The number of nitrogens with two attached hydrogens (primary N) is 1. The summed E-state index contributed by atoms with van der Waals surface area (Å²) in [5.41, 5.74) is 5.62. The zero-order valence-corrected chi connectivity index (χ0v) is 12.1. The Hall–Kier alpha value is -0.790. The van der Waals surface area contributed by atoms with Crippen LogP contribution in [-0.4, -0.2) is 34.1 Å². The van der Waals surface area contributed by atoms with Gasteiger partial charge in [-0.25, -0.2) is 16.8 Å². The lowest BCUT2D eigenvalue weighted by molar-refractivity contribution is 0.588. The van der Waals surface area contributed by atoms with Crippen molar-refractivity contribution >= 4 is 37.0 Å². The van der Waals surface area contributed by atoms with Gasteiger partial charge in [-0.15, -0.1) is 0 Å². The summed E-state index contributed by atoms with van der Waals surface area (Å²) in [7, 11) is -7.08. The van der Waals surface area contributed by atoms with Crippen molar-refractivity contribution in [2.45, 2.75) is 11.8 Å². The van der Waals surface area contributed by atoms with Crippen LogP contribution >= 0.6 is 11.6 Å². The average Bonchev–Trinajstić information content (AvgIpc) is 2.30. The summed E-state index contributed by atoms with van der Waals surface area (Å²) in [5.74, 6) is -1.00. The van der Waals surface area contributed by atoms with Gasteiger partial charge in [-0.1, -0.05) is 18.5 Å². The summed E-state index contributed by atoms with van der Waals surface area (Å²) >= 11 is 5.70. The summed E-state index contributed by atoms with van der Waals surface area (Å²) in [4.78, 5) is -0.124. The fourth-order valence-electron chi connectivity index (χ4n) is 1.27. The molecular weight excluding hydrogens is 298 g/mol. The van der Waals surface area contributed by atoms with E-state index in [1.54, 1.807) is 0 Å². The average molecular weight is 312 g/mol. The molecule has 0 fully saturated rings. The number of hydrogen-bond acceptors (Lipinski definition) is 5. The maximum Gasteiger partial charge on any atom is 0.181 e. The van der Waals surface area contributed by atoms with E-state index < -0.39 is 31.2 Å². The van der Waals surface area contributed by atoms with E-state index in [-0.39, 0.29) is 21.4 Å². The van der Waals surface area contributed by atoms with Crippen LogP contribution in [0.5, 0.6) is 0 Å². The molecule has 0 unspecified atom stereocenters. The monoisotopic (exact) mass is 311 g/mol. The Kier molecular flexibility index (Phi) is 4.63. The van der Waals surface area contributed by atoms with Crippen molar-refractivity contribution in [1.29, 1.82) is 0 Å². The second-order valence-corrected chi connectivity index (χ2v) is 8.72. The predicted molar refractivity (Wildman–Crippen MR) is 72.2 cm³/mol. The number of anilines is 1. The van der Waals surface area contributed by atoms with Crippen molar-refractivity contribution in [3.8, 4) is 0 Å². The third-order valence-corrected chi connectivity index (χ3v) is 6.38. The van der Waals surface area contributed by atoms with Crippen molar-refractivity contribution in [3.63, 3.8) is 0 Å². The van der Waals surface area contributed by atoms with Gasteiger partial charge in [-0.2, -0.15) is 0 Å². The molecule has 0 atom stereocenters. The molecule has 1 aromatic rings. The molecule has 0 aliphatic carbocycles. The molecule has 0 spiro atoms. The highest BCUT2D eigenvalue weighted by Gasteiger charge is 2.21. The van der Waals surface area contributed by atoms with Crippen LogP contribution in [0.3, 0.4) is 0 Å². The van der Waals surface area contributed by atoms with Gasteiger partial charge >= 0.3 is 0 Å². The molecule has 0 bridgehead atoms. The Balaban J connectivity index is 3.04. The molecule has 102 valence electrons. The van der Waals surface area contributed by atoms with Gasteiger partial charge in [0, 0.05) is 10.8 Å². The van der Waals surface area contributed by atoms with E-state index in [4.69, 9.17) is 17.3 Å². The van der Waals surface area contributed by atoms with E-state index in [2.05, 4.69) is 0 Å². The molecule has 0 saturated heterocycles. The van der Waals surface area contributed by atoms with Gasteiger partial charge in [0.05, 0.1) is 22.1 Å². The summed E-state index contributed by atoms with van der Waals surface area (Å²) in [6, 6.07) is 4.08. The SMILES string of the molecule is CCS(=O)(=O)CCS(=O)(=O)c1cc(Cl)ccc1N. The molecule has 1 aromatic carbocycles. The minimum atomic E-state index is -3.75. The van der Waals surface area contributed by atoms with E-state index in [1.165, 1.54) is 25.1 Å². The quantitative estimate of drug-likeness (QED) is 0.823. The van der Waals surface area contributed by atoms with Crippen LogP contribution in [0.2, 0.25) is 5.02 Å². The van der Waals surface area contributed by atoms with Gasteiger partial charge < -0.3 is 5.73 Å². The zero-order valence-electron chi connectivity index (χ0n) is 9.76. The molecule has 0 radical (unpaired) electrons. The Morgan fingerprint density at radius 2 is 1.78 bits per heavy atom. The van der Waals surface area contributed by atoms with Crippen molar-refractivity contribution in [2.75, 3.05) is 23.0 Å². The second-order valence-electron chi connectivity index (χ2n) is 3.74. The fourth-order valence-corrected chi connectivity index (χ4v) is 4.64. The third-order valence-electron chi connectivity index (χ3n) is 2.41. The lowest BCUT2D eigenvalue weighted by atomic mass is 10.3. The van der Waals surface area contributed by atoms with Gasteiger partial charge in [0.2, 0.25) is 0 Å². The van der Waals surface area contributed by atoms with E-state index in [0.29, 0.717) is 0 Å². The number of nitrogen functional groups attached to an aromatic ring is 1. The lowest BCUT2D eigenvalue weighted by Gasteiger charge is -2.08. The smallest absolute Gasteiger partial charge is 0.181 e. The molecule has 0 amide bonds. The molecule has 18 heavy (non-hydrogen) atoms. The van der Waals surface area contributed by atoms with Crippen LogP contribution in [-0.2, 0) is 19.7 Å². The van der Waals surface area contributed by atoms with Crippen LogP contribution in [0.1, 0.15) is 6.92 Å². The van der Waals surface area contributed by atoms with E-state index in [9.17, 15) is 16.8 Å². The second kappa shape index (κ2) is 5.46. The van der Waals surface area contributed by atoms with Gasteiger partial charge in [0.25, 0.3) is 0 Å². The molecule has 0 aliphatic rings. The van der Waals surface area contributed by atoms with Gasteiger partial charge in [-0.05, 0) is 18.2 Å². The summed E-state index contributed by atoms with van der Waals surface area (Å²) in [5, 5.41) is 0.237. The van der Waals surface area contributed by atoms with Crippen LogP contribution in [0, 0.1) is 0 Å².